The van der Waals surface area contributed by atoms with Crippen molar-refractivity contribution in [2.75, 3.05) is 0 Å². The molecule has 0 bridgehead atoms. The number of hydrogen-bond donors (Lipinski definition) is 1. The first-order valence-electron chi connectivity index (χ1n) is 3.96. The molecule has 0 amide bonds. The van der Waals surface area contributed by atoms with Crippen LogP contribution in [-0.4, -0.2) is 17.3 Å². The predicted molar refractivity (Wildman–Crippen MR) is 45.0 cm³/mol. The van der Waals surface area contributed by atoms with Gasteiger partial charge >= 0.3 is 5.97 Å². The Kier molecular flexibility index (Phi) is 5.43. The molecule has 0 spiro atoms. The maximum Gasteiger partial charge on any atom is 0.519 e. The van der Waals surface area contributed by atoms with Gasteiger partial charge in [0.15, 0.2) is 0 Å². The van der Waals surface area contributed by atoms with Gasteiger partial charge in [0.1, 0.15) is 5.92 Å². The molecule has 0 saturated carbocycles. The molecule has 0 aliphatic rings. The summed E-state index contributed by atoms with van der Waals surface area (Å²) in [5.74, 6) is -0.563. The Morgan fingerprint density at radius 2 is 2.36 bits per heavy atom. The second-order valence-electron chi connectivity index (χ2n) is 2.60. The van der Waals surface area contributed by atoms with Gasteiger partial charge in [0.2, 0.25) is 0 Å². The van der Waals surface area contributed by atoms with E-state index in [0.29, 0.717) is 0 Å². The molecule has 0 rings (SSSR count). The molecular formula is C8H16NO2+. The second-order valence-corrected chi connectivity index (χ2v) is 2.60. The van der Waals surface area contributed by atoms with Crippen molar-refractivity contribution in [2.24, 2.45) is 5.92 Å². The Morgan fingerprint density at radius 1 is 1.73 bits per heavy atom. The third kappa shape index (κ3) is 4.53. The normalized spacial score (nSPS) is 12.5. The Morgan fingerprint density at radius 3 is 2.73 bits per heavy atom. The molecule has 0 aliphatic heterocycles. The third-order valence-corrected chi connectivity index (χ3v) is 1.76. The zero-order valence-corrected chi connectivity index (χ0v) is 6.89. The number of nitrogens with one attached hydrogen (secondary N) is 1. The fourth-order valence-corrected chi connectivity index (χ4v) is 0.987. The molecule has 3 N–H and O–H groups in total. The zero-order valence-electron chi connectivity index (χ0n) is 6.89. The largest absolute Gasteiger partial charge is 0.565 e. The topological polar surface area (TPSA) is 63.8 Å². The van der Waals surface area contributed by atoms with Crippen molar-refractivity contribution in [2.45, 2.75) is 32.6 Å². The van der Waals surface area contributed by atoms with Gasteiger partial charge < -0.3 is 10.5 Å². The van der Waals surface area contributed by atoms with Crippen LogP contribution in [0.1, 0.15) is 32.6 Å². The Bertz CT molecular complexity index is 134. The molecule has 0 aromatic carbocycles. The molecule has 0 radical (unpaired) electrons. The van der Waals surface area contributed by atoms with E-state index in [1.807, 2.05) is 6.92 Å². The number of hydrogen-bond acceptors (Lipinski definition) is 2. The van der Waals surface area contributed by atoms with E-state index in [0.717, 1.165) is 25.7 Å². The summed E-state index contributed by atoms with van der Waals surface area (Å²) in [5.41, 5.74) is 0. The molecule has 64 valence electrons. The highest BCUT2D eigenvalue weighted by Crippen LogP contribution is 2.11. The molecule has 0 fully saturated rings. The first kappa shape index (κ1) is 10.1. The Hall–Kier alpha value is -0.860. The van der Waals surface area contributed by atoms with Crippen LogP contribution in [0.3, 0.4) is 0 Å². The fourth-order valence-electron chi connectivity index (χ4n) is 0.987. The van der Waals surface area contributed by atoms with E-state index in [9.17, 15) is 4.79 Å². The van der Waals surface area contributed by atoms with Crippen LogP contribution in [0.5, 0.6) is 0 Å². The summed E-state index contributed by atoms with van der Waals surface area (Å²) in [4.78, 5) is 10.6. The van der Waals surface area contributed by atoms with Gasteiger partial charge in [-0.3, -0.25) is 0 Å². The lowest BCUT2D eigenvalue weighted by atomic mass is 10.00. The van der Waals surface area contributed by atoms with Crippen LogP contribution in [0, 0.1) is 11.3 Å². The molecular weight excluding hydrogens is 142 g/mol. The first-order valence-corrected chi connectivity index (χ1v) is 3.96. The Labute approximate surface area is 66.9 Å². The number of unbranched alkanes of at least 4 members (excludes halogenated alkanes) is 1. The number of rotatable bonds is 6. The molecule has 0 aromatic rings. The van der Waals surface area contributed by atoms with Gasteiger partial charge in [-0.15, -0.1) is 0 Å². The van der Waals surface area contributed by atoms with Gasteiger partial charge in [-0.05, 0) is 31.9 Å². The minimum atomic E-state index is -0.461. The maximum absolute atomic E-state index is 10.6. The van der Waals surface area contributed by atoms with Crippen LogP contribution in [0.2, 0.25) is 0 Å². The molecule has 3 heteroatoms. The van der Waals surface area contributed by atoms with Crippen molar-refractivity contribution in [1.82, 2.24) is 0 Å². The average Bonchev–Trinajstić information content (AvgIpc) is 1.97. The highest BCUT2D eigenvalue weighted by molar-refractivity contribution is 5.69. The third-order valence-electron chi connectivity index (χ3n) is 1.76. The minimum absolute atomic E-state index is 0.102. The second kappa shape index (κ2) is 5.89. The van der Waals surface area contributed by atoms with E-state index in [-0.39, 0.29) is 5.92 Å². The molecule has 3 nitrogen and oxygen atoms in total. The van der Waals surface area contributed by atoms with Crippen molar-refractivity contribution >= 4 is 12.2 Å². The first-order chi connectivity index (χ1) is 5.22. The van der Waals surface area contributed by atoms with E-state index in [2.05, 4.69) is 0 Å². The summed E-state index contributed by atoms with van der Waals surface area (Å²) in [5, 5.41) is 13.6. The zero-order chi connectivity index (χ0) is 8.69. The predicted octanol–water partition coefficient (Wildman–Crippen LogP) is 1.08. The van der Waals surface area contributed by atoms with Crippen molar-refractivity contribution in [3.63, 3.8) is 0 Å². The van der Waals surface area contributed by atoms with Crippen molar-refractivity contribution < 1.29 is 9.90 Å². The summed E-state index contributed by atoms with van der Waals surface area (Å²) < 4.78 is 0. The van der Waals surface area contributed by atoms with E-state index in [1.54, 1.807) is 0 Å². The van der Waals surface area contributed by atoms with E-state index in [4.69, 9.17) is 10.5 Å². The van der Waals surface area contributed by atoms with Crippen LogP contribution >= 0.6 is 0 Å². The quantitative estimate of drug-likeness (QED) is 0.351. The van der Waals surface area contributed by atoms with Gasteiger partial charge in [-0.25, -0.2) is 0 Å². The van der Waals surface area contributed by atoms with Gasteiger partial charge in [0.25, 0.3) is 0 Å². The van der Waals surface area contributed by atoms with Crippen LogP contribution in [-0.2, 0) is 4.79 Å². The lowest BCUT2D eigenvalue weighted by Crippen LogP contribution is -2.12. The van der Waals surface area contributed by atoms with Crippen LogP contribution < -0.4 is 0 Å². The summed E-state index contributed by atoms with van der Waals surface area (Å²) in [6.07, 6.45) is 4.44. The van der Waals surface area contributed by atoms with Gasteiger partial charge in [0, 0.05) is 4.79 Å². The highest BCUT2D eigenvalue weighted by atomic mass is 16.4. The molecule has 0 saturated heterocycles. The summed E-state index contributed by atoms with van der Waals surface area (Å²) in [6.45, 7) is 1.92. The summed E-state index contributed by atoms with van der Waals surface area (Å²) in [7, 11) is 0. The lowest BCUT2D eigenvalue weighted by molar-refractivity contribution is -0.142. The standard InChI is InChI=1S/C8H15NO2/c1-2-7(8(10)11)5-3-4-6-9/h6-7,9H,2-5H2,1H3,(H,10,11)/p+1. The lowest BCUT2D eigenvalue weighted by Gasteiger charge is -2.02. The van der Waals surface area contributed by atoms with Crippen molar-refractivity contribution in [1.29, 1.82) is 5.41 Å². The number of carbonyl (C=O) groups is 1. The number of carbonyl (C=O) groups excluding carboxylic acids is 1. The molecule has 1 unspecified atom stereocenters. The average molecular weight is 158 g/mol. The monoisotopic (exact) mass is 158 g/mol. The Balaban J connectivity index is 3.52. The van der Waals surface area contributed by atoms with E-state index >= 15 is 0 Å². The molecule has 0 aliphatic carbocycles. The minimum Gasteiger partial charge on any atom is -0.565 e. The van der Waals surface area contributed by atoms with Crippen molar-refractivity contribution in [3.8, 4) is 0 Å². The summed E-state index contributed by atoms with van der Waals surface area (Å²) in [6, 6.07) is 0. The molecule has 0 aromatic heterocycles. The molecule has 1 atom stereocenters. The highest BCUT2D eigenvalue weighted by Gasteiger charge is 2.21. The van der Waals surface area contributed by atoms with E-state index in [1.165, 1.54) is 6.21 Å². The SMILES string of the molecule is CCC(CCCC=N)C(=O)[OH2+]. The maximum atomic E-state index is 10.6. The van der Waals surface area contributed by atoms with Crippen LogP contribution in [0.4, 0.5) is 0 Å². The van der Waals surface area contributed by atoms with Gasteiger partial charge in [-0.1, -0.05) is 6.92 Å². The molecule has 11 heavy (non-hydrogen) atoms. The fraction of sp³-hybridized carbons (Fsp3) is 0.750. The van der Waals surface area contributed by atoms with Crippen molar-refractivity contribution in [3.05, 3.63) is 0 Å². The van der Waals surface area contributed by atoms with E-state index < -0.39 is 5.97 Å². The molecule has 0 heterocycles. The van der Waals surface area contributed by atoms with Gasteiger partial charge in [-0.2, -0.15) is 0 Å². The van der Waals surface area contributed by atoms with Crippen LogP contribution in [0.25, 0.3) is 0 Å². The van der Waals surface area contributed by atoms with Gasteiger partial charge in [0.05, 0.1) is 0 Å². The van der Waals surface area contributed by atoms with Crippen LogP contribution in [0.15, 0.2) is 0 Å². The summed E-state index contributed by atoms with van der Waals surface area (Å²) >= 11 is 0. The smallest absolute Gasteiger partial charge is 0.519 e.